The molecule has 0 aliphatic carbocycles. The molecule has 0 aromatic heterocycles. The van der Waals surface area contributed by atoms with E-state index in [9.17, 15) is 0 Å². The van der Waals surface area contributed by atoms with Crippen LogP contribution in [-0.2, 0) is 0 Å². The first-order valence-electron chi connectivity index (χ1n) is 5.72. The van der Waals surface area contributed by atoms with Crippen LogP contribution < -0.4 is 37.7 Å². The maximum Gasteiger partial charge on any atom is 1.00 e. The number of hydrogen-bond donors (Lipinski definition) is 0. The first-order valence-corrected chi connectivity index (χ1v) is 12.6. The van der Waals surface area contributed by atoms with Crippen molar-refractivity contribution in [3.63, 3.8) is 0 Å². The van der Waals surface area contributed by atoms with Gasteiger partial charge in [0.1, 0.15) is 0 Å². The van der Waals surface area contributed by atoms with Crippen LogP contribution in [0.3, 0.4) is 0 Å². The van der Waals surface area contributed by atoms with Crippen molar-refractivity contribution >= 4 is 27.8 Å². The molecule has 1 aromatic rings. The van der Waals surface area contributed by atoms with Gasteiger partial charge in [-0.3, -0.25) is 0 Å². The molecule has 0 saturated carbocycles. The second kappa shape index (κ2) is 7.90. The molecule has 0 atom stereocenters. The van der Waals surface area contributed by atoms with Crippen molar-refractivity contribution in [3.8, 4) is 0 Å². The fourth-order valence-corrected chi connectivity index (χ4v) is 3.22. The quantitative estimate of drug-likeness (QED) is 0.648. The zero-order valence-electron chi connectivity index (χ0n) is 13.2. The van der Waals surface area contributed by atoms with Gasteiger partial charge in [-0.1, -0.05) is 63.5 Å². The molecule has 0 bridgehead atoms. The standard InChI is InChI=1S/C12H22N2Si2.2Li/c1-15(2,3)13-11-7-9-12(10-8-11)14-16(4,5)6;;/h7-10H,1-6H3;;/q-2;2*+1. The van der Waals surface area contributed by atoms with Gasteiger partial charge < -0.3 is 9.96 Å². The fourth-order valence-electron chi connectivity index (χ4n) is 1.38. The molecular formula is C12H22Li2N2Si2. The molecule has 90 valence electrons. The molecule has 0 aliphatic rings. The third kappa shape index (κ3) is 9.39. The van der Waals surface area contributed by atoms with Gasteiger partial charge in [0.15, 0.2) is 0 Å². The zero-order chi connectivity index (χ0) is 12.4. The van der Waals surface area contributed by atoms with Crippen LogP contribution in [0.4, 0.5) is 11.4 Å². The molecule has 0 heterocycles. The van der Waals surface area contributed by atoms with E-state index >= 15 is 0 Å². The summed E-state index contributed by atoms with van der Waals surface area (Å²) >= 11 is 0. The Kier molecular flexibility index (Phi) is 9.11. The molecule has 0 radical (unpaired) electrons. The molecule has 0 spiro atoms. The monoisotopic (exact) mass is 264 g/mol. The van der Waals surface area contributed by atoms with Gasteiger partial charge in [-0.2, -0.15) is 0 Å². The second-order valence-corrected chi connectivity index (χ2v) is 15.2. The van der Waals surface area contributed by atoms with Crippen molar-refractivity contribution < 1.29 is 37.7 Å². The summed E-state index contributed by atoms with van der Waals surface area (Å²) in [5, 5.41) is 0. The van der Waals surface area contributed by atoms with Crippen molar-refractivity contribution in [2.45, 2.75) is 39.3 Å². The molecule has 0 fully saturated rings. The van der Waals surface area contributed by atoms with Gasteiger partial charge in [-0.05, 0) is 16.5 Å². The van der Waals surface area contributed by atoms with E-state index in [0.29, 0.717) is 0 Å². The average molecular weight is 264 g/mol. The van der Waals surface area contributed by atoms with Crippen LogP contribution in [0, 0.1) is 0 Å². The Labute approximate surface area is 138 Å². The molecule has 0 unspecified atom stereocenters. The summed E-state index contributed by atoms with van der Waals surface area (Å²) in [6, 6.07) is 8.32. The summed E-state index contributed by atoms with van der Waals surface area (Å²) in [5.41, 5.74) is 2.18. The summed E-state index contributed by atoms with van der Waals surface area (Å²) in [7, 11) is -2.72. The third-order valence-electron chi connectivity index (χ3n) is 1.78. The van der Waals surface area contributed by atoms with Gasteiger partial charge in [0, 0.05) is 0 Å². The van der Waals surface area contributed by atoms with E-state index in [4.69, 9.17) is 9.96 Å². The Bertz CT molecular complexity index is 308. The third-order valence-corrected chi connectivity index (χ3v) is 3.64. The van der Waals surface area contributed by atoms with Gasteiger partial charge in [0.25, 0.3) is 0 Å². The average Bonchev–Trinajstić information content (AvgIpc) is 2.03. The van der Waals surface area contributed by atoms with Gasteiger partial charge in [0.05, 0.1) is 0 Å². The molecule has 6 heteroatoms. The maximum atomic E-state index is 4.74. The molecular weight excluding hydrogens is 242 g/mol. The van der Waals surface area contributed by atoms with Crippen LogP contribution >= 0.6 is 0 Å². The van der Waals surface area contributed by atoms with Crippen molar-refractivity contribution in [3.05, 3.63) is 34.2 Å². The Morgan fingerprint density at radius 1 is 0.611 bits per heavy atom. The normalized spacial score (nSPS) is 11.0. The minimum atomic E-state index is -1.36. The van der Waals surface area contributed by atoms with Gasteiger partial charge in [0.2, 0.25) is 0 Å². The summed E-state index contributed by atoms with van der Waals surface area (Å²) < 4.78 is 0. The topological polar surface area (TPSA) is 28.2 Å². The fraction of sp³-hybridized carbons (Fsp3) is 0.500. The van der Waals surface area contributed by atoms with Crippen molar-refractivity contribution in [2.24, 2.45) is 0 Å². The molecule has 0 amide bonds. The summed E-state index contributed by atoms with van der Waals surface area (Å²) in [4.78, 5) is 9.48. The Balaban J connectivity index is 0. The smallest absolute Gasteiger partial charge is 0.687 e. The second-order valence-electron chi connectivity index (χ2n) is 6.08. The van der Waals surface area contributed by atoms with Gasteiger partial charge in [-0.25, -0.2) is 0 Å². The molecule has 18 heavy (non-hydrogen) atoms. The summed E-state index contributed by atoms with van der Waals surface area (Å²) in [6.07, 6.45) is 0. The predicted molar refractivity (Wildman–Crippen MR) is 79.2 cm³/mol. The van der Waals surface area contributed by atoms with Crippen LogP contribution in [0.5, 0.6) is 0 Å². The zero-order valence-corrected chi connectivity index (χ0v) is 15.2. The van der Waals surface area contributed by atoms with Crippen LogP contribution in [0.1, 0.15) is 0 Å². The van der Waals surface area contributed by atoms with E-state index in [2.05, 4.69) is 63.5 Å². The van der Waals surface area contributed by atoms with Crippen molar-refractivity contribution in [2.75, 3.05) is 0 Å². The SMILES string of the molecule is C[Si](C)(C)[N-]c1ccc([N-][Si](C)(C)C)cc1.[Li+].[Li+]. The van der Waals surface area contributed by atoms with Crippen LogP contribution in [0.15, 0.2) is 24.3 Å². The van der Waals surface area contributed by atoms with Gasteiger partial charge in [-0.15, -0.1) is 11.4 Å². The number of rotatable bonds is 4. The Morgan fingerprint density at radius 3 is 1.00 bits per heavy atom. The molecule has 1 rings (SSSR count). The number of hydrogen-bond acceptors (Lipinski definition) is 0. The van der Waals surface area contributed by atoms with Crippen molar-refractivity contribution in [1.29, 1.82) is 0 Å². The maximum absolute atomic E-state index is 4.74. The summed E-state index contributed by atoms with van der Waals surface area (Å²) in [6.45, 7) is 13.5. The van der Waals surface area contributed by atoms with E-state index in [-0.39, 0.29) is 37.7 Å². The Hall–Kier alpha value is 0.449. The van der Waals surface area contributed by atoms with E-state index in [1.54, 1.807) is 0 Å². The van der Waals surface area contributed by atoms with E-state index in [1.807, 2.05) is 0 Å². The molecule has 0 saturated heterocycles. The largest absolute Gasteiger partial charge is 1.00 e. The summed E-state index contributed by atoms with van der Waals surface area (Å²) in [5.74, 6) is 0. The molecule has 0 N–H and O–H groups in total. The van der Waals surface area contributed by atoms with E-state index < -0.39 is 16.5 Å². The van der Waals surface area contributed by atoms with E-state index in [1.165, 1.54) is 0 Å². The number of nitrogens with zero attached hydrogens (tertiary/aromatic N) is 2. The predicted octanol–water partition coefficient (Wildman–Crippen LogP) is -0.625. The van der Waals surface area contributed by atoms with Crippen LogP contribution in [0.25, 0.3) is 9.96 Å². The molecule has 1 aromatic carbocycles. The minimum absolute atomic E-state index is 0. The molecule has 2 nitrogen and oxygen atoms in total. The molecule has 0 aliphatic heterocycles. The number of benzene rings is 1. The Morgan fingerprint density at radius 2 is 0.833 bits per heavy atom. The first kappa shape index (κ1) is 20.8. The van der Waals surface area contributed by atoms with Crippen LogP contribution in [-0.4, -0.2) is 16.5 Å². The first-order chi connectivity index (χ1) is 7.16. The minimum Gasteiger partial charge on any atom is -0.687 e. The van der Waals surface area contributed by atoms with E-state index in [0.717, 1.165) is 11.4 Å². The van der Waals surface area contributed by atoms with Gasteiger partial charge >= 0.3 is 37.7 Å². The van der Waals surface area contributed by atoms with Crippen LogP contribution in [0.2, 0.25) is 39.3 Å². The van der Waals surface area contributed by atoms with Crippen molar-refractivity contribution in [1.82, 2.24) is 0 Å².